The molecular formula is C15H12F3N3. The summed E-state index contributed by atoms with van der Waals surface area (Å²) < 4.78 is 37.4. The van der Waals surface area contributed by atoms with E-state index in [0.717, 1.165) is 28.7 Å². The van der Waals surface area contributed by atoms with Crippen LogP contribution >= 0.6 is 0 Å². The first-order valence-corrected chi connectivity index (χ1v) is 6.36. The molecule has 3 nitrogen and oxygen atoms in total. The van der Waals surface area contributed by atoms with Crippen molar-refractivity contribution in [1.29, 1.82) is 0 Å². The van der Waals surface area contributed by atoms with Crippen LogP contribution in [0.2, 0.25) is 0 Å². The van der Waals surface area contributed by atoms with Crippen molar-refractivity contribution in [3.63, 3.8) is 0 Å². The Morgan fingerprint density at radius 2 is 1.76 bits per heavy atom. The predicted molar refractivity (Wildman–Crippen MR) is 74.9 cm³/mol. The summed E-state index contributed by atoms with van der Waals surface area (Å²) in [6.45, 7) is 0.414. The van der Waals surface area contributed by atoms with E-state index in [9.17, 15) is 13.2 Å². The van der Waals surface area contributed by atoms with Crippen LogP contribution in [0.15, 0.2) is 48.7 Å². The van der Waals surface area contributed by atoms with Crippen LogP contribution in [-0.4, -0.2) is 9.97 Å². The number of benzene rings is 1. The van der Waals surface area contributed by atoms with Crippen molar-refractivity contribution in [2.45, 2.75) is 12.7 Å². The largest absolute Gasteiger partial charge is 0.416 e. The highest BCUT2D eigenvalue weighted by molar-refractivity contribution is 5.77. The van der Waals surface area contributed by atoms with Gasteiger partial charge in [0.25, 0.3) is 0 Å². The van der Waals surface area contributed by atoms with Crippen LogP contribution in [0, 0.1) is 0 Å². The second-order valence-electron chi connectivity index (χ2n) is 4.66. The summed E-state index contributed by atoms with van der Waals surface area (Å²) in [5.74, 6) is 0.671. The molecule has 0 spiro atoms. The molecule has 21 heavy (non-hydrogen) atoms. The number of pyridine rings is 1. The summed E-state index contributed by atoms with van der Waals surface area (Å²) in [5, 5.41) is 4.10. The van der Waals surface area contributed by atoms with Crippen molar-refractivity contribution >= 4 is 16.9 Å². The van der Waals surface area contributed by atoms with Crippen LogP contribution in [-0.2, 0) is 12.7 Å². The maximum atomic E-state index is 12.5. The predicted octanol–water partition coefficient (Wildman–Crippen LogP) is 4.19. The minimum Gasteiger partial charge on any atom is -0.366 e. The molecule has 0 aliphatic heterocycles. The third-order valence-corrected chi connectivity index (χ3v) is 3.16. The number of halogens is 3. The number of H-pyrrole nitrogens is 1. The van der Waals surface area contributed by atoms with Crippen LogP contribution in [0.25, 0.3) is 11.0 Å². The second kappa shape index (κ2) is 5.12. The second-order valence-corrected chi connectivity index (χ2v) is 4.66. The number of anilines is 1. The van der Waals surface area contributed by atoms with E-state index in [1.165, 1.54) is 12.1 Å². The lowest BCUT2D eigenvalue weighted by atomic mass is 10.1. The highest BCUT2D eigenvalue weighted by Crippen LogP contribution is 2.29. The van der Waals surface area contributed by atoms with Crippen LogP contribution in [0.5, 0.6) is 0 Å². The Labute approximate surface area is 118 Å². The van der Waals surface area contributed by atoms with Gasteiger partial charge in [0.05, 0.1) is 5.56 Å². The zero-order chi connectivity index (χ0) is 14.9. The Kier molecular flexibility index (Phi) is 3.29. The Bertz CT molecular complexity index is 745. The minimum atomic E-state index is -4.30. The number of hydrogen-bond donors (Lipinski definition) is 2. The molecule has 3 rings (SSSR count). The zero-order valence-electron chi connectivity index (χ0n) is 10.9. The summed E-state index contributed by atoms with van der Waals surface area (Å²) in [4.78, 5) is 7.37. The number of fused-ring (bicyclic) bond motifs is 1. The summed E-state index contributed by atoms with van der Waals surface area (Å²) in [7, 11) is 0. The van der Waals surface area contributed by atoms with Gasteiger partial charge in [0.1, 0.15) is 11.5 Å². The molecule has 1 aromatic carbocycles. The van der Waals surface area contributed by atoms with Crippen LogP contribution in [0.3, 0.4) is 0 Å². The summed E-state index contributed by atoms with van der Waals surface area (Å²) in [5.41, 5.74) is 0.890. The lowest BCUT2D eigenvalue weighted by molar-refractivity contribution is -0.137. The van der Waals surface area contributed by atoms with Crippen LogP contribution in [0.1, 0.15) is 11.1 Å². The van der Waals surface area contributed by atoms with E-state index in [1.807, 2.05) is 18.2 Å². The molecule has 0 saturated carbocycles. The minimum absolute atomic E-state index is 0.414. The van der Waals surface area contributed by atoms with Crippen LogP contribution in [0.4, 0.5) is 19.0 Å². The van der Waals surface area contributed by atoms with E-state index >= 15 is 0 Å². The van der Waals surface area contributed by atoms with Gasteiger partial charge in [-0.15, -0.1) is 0 Å². The summed E-state index contributed by atoms with van der Waals surface area (Å²) >= 11 is 0. The van der Waals surface area contributed by atoms with E-state index < -0.39 is 11.7 Å². The average Bonchev–Trinajstić information content (AvgIpc) is 2.92. The quantitative estimate of drug-likeness (QED) is 0.759. The van der Waals surface area contributed by atoms with E-state index in [4.69, 9.17) is 0 Å². The molecule has 0 aliphatic rings. The molecule has 2 aromatic heterocycles. The Hall–Kier alpha value is -2.50. The number of hydrogen-bond acceptors (Lipinski definition) is 2. The van der Waals surface area contributed by atoms with E-state index in [0.29, 0.717) is 12.4 Å². The molecule has 0 unspecified atom stereocenters. The van der Waals surface area contributed by atoms with Crippen molar-refractivity contribution in [1.82, 2.24) is 9.97 Å². The highest BCUT2D eigenvalue weighted by Gasteiger charge is 2.29. The van der Waals surface area contributed by atoms with Gasteiger partial charge in [0.2, 0.25) is 0 Å². The van der Waals surface area contributed by atoms with Crippen molar-refractivity contribution in [2.24, 2.45) is 0 Å². The molecule has 0 saturated heterocycles. The number of nitrogens with zero attached hydrogens (tertiary/aromatic N) is 1. The molecule has 2 heterocycles. The molecule has 0 amide bonds. The maximum Gasteiger partial charge on any atom is 0.416 e. The van der Waals surface area contributed by atoms with Crippen molar-refractivity contribution < 1.29 is 13.2 Å². The number of alkyl halides is 3. The van der Waals surface area contributed by atoms with E-state index in [2.05, 4.69) is 15.3 Å². The molecular weight excluding hydrogens is 279 g/mol. The van der Waals surface area contributed by atoms with E-state index in [-0.39, 0.29) is 0 Å². The molecule has 0 radical (unpaired) electrons. The Balaban J connectivity index is 1.69. The summed E-state index contributed by atoms with van der Waals surface area (Å²) in [6.07, 6.45) is -2.50. The molecule has 6 heteroatoms. The smallest absolute Gasteiger partial charge is 0.366 e. The first-order chi connectivity index (χ1) is 10.0. The third kappa shape index (κ3) is 2.99. The SMILES string of the molecule is FC(F)(F)c1ccc(CNc2ccc3cc[nH]c3n2)cc1. The molecule has 3 aromatic rings. The Morgan fingerprint density at radius 1 is 1.00 bits per heavy atom. The van der Waals surface area contributed by atoms with Gasteiger partial charge in [0.15, 0.2) is 0 Å². The lowest BCUT2D eigenvalue weighted by Gasteiger charge is -2.09. The third-order valence-electron chi connectivity index (χ3n) is 3.16. The molecule has 2 N–H and O–H groups in total. The zero-order valence-corrected chi connectivity index (χ0v) is 10.9. The topological polar surface area (TPSA) is 40.7 Å². The van der Waals surface area contributed by atoms with Crippen molar-refractivity contribution in [3.05, 3.63) is 59.8 Å². The van der Waals surface area contributed by atoms with Gasteiger partial charge < -0.3 is 10.3 Å². The van der Waals surface area contributed by atoms with Gasteiger partial charge in [0, 0.05) is 18.1 Å². The fourth-order valence-corrected chi connectivity index (χ4v) is 2.03. The van der Waals surface area contributed by atoms with Crippen molar-refractivity contribution in [3.8, 4) is 0 Å². The molecule has 0 atom stereocenters. The van der Waals surface area contributed by atoms with Gasteiger partial charge in [-0.2, -0.15) is 13.2 Å². The number of aromatic amines is 1. The first-order valence-electron chi connectivity index (χ1n) is 6.36. The van der Waals surface area contributed by atoms with Crippen molar-refractivity contribution in [2.75, 3.05) is 5.32 Å². The summed E-state index contributed by atoms with van der Waals surface area (Å²) in [6, 6.07) is 10.8. The average molecular weight is 291 g/mol. The molecule has 108 valence electrons. The fourth-order valence-electron chi connectivity index (χ4n) is 2.03. The molecule has 0 aliphatic carbocycles. The van der Waals surface area contributed by atoms with Crippen LogP contribution < -0.4 is 5.32 Å². The monoisotopic (exact) mass is 291 g/mol. The maximum absolute atomic E-state index is 12.5. The first kappa shape index (κ1) is 13.5. The molecule has 0 bridgehead atoms. The fraction of sp³-hybridized carbons (Fsp3) is 0.133. The lowest BCUT2D eigenvalue weighted by Crippen LogP contribution is -2.06. The van der Waals surface area contributed by atoms with Gasteiger partial charge in [-0.25, -0.2) is 4.98 Å². The molecule has 0 fully saturated rings. The number of rotatable bonds is 3. The van der Waals surface area contributed by atoms with Gasteiger partial charge in [-0.3, -0.25) is 0 Å². The van der Waals surface area contributed by atoms with E-state index in [1.54, 1.807) is 6.20 Å². The number of aromatic nitrogens is 2. The normalized spacial score (nSPS) is 11.8. The number of nitrogens with one attached hydrogen (secondary N) is 2. The standard InChI is InChI=1S/C15H12F3N3/c16-15(17,18)12-4-1-10(2-5-12)9-20-13-6-3-11-7-8-19-14(11)21-13/h1-8H,9H2,(H2,19,20,21). The van der Waals surface area contributed by atoms with Gasteiger partial charge >= 0.3 is 6.18 Å². The Morgan fingerprint density at radius 3 is 2.48 bits per heavy atom. The highest BCUT2D eigenvalue weighted by atomic mass is 19.4. The van der Waals surface area contributed by atoms with Gasteiger partial charge in [-0.05, 0) is 35.9 Å². The van der Waals surface area contributed by atoms with Gasteiger partial charge in [-0.1, -0.05) is 12.1 Å².